The monoisotopic (exact) mass is 411 g/mol. The van der Waals surface area contributed by atoms with E-state index >= 15 is 0 Å². The predicted molar refractivity (Wildman–Crippen MR) is 113 cm³/mol. The second kappa shape index (κ2) is 8.54. The van der Waals surface area contributed by atoms with Gasteiger partial charge in [-0.05, 0) is 62.8 Å². The smallest absolute Gasteiger partial charge is 0.355 e. The molecule has 0 spiro atoms. The second-order valence-corrected chi connectivity index (χ2v) is 8.28. The highest BCUT2D eigenvalue weighted by Crippen LogP contribution is 2.40. The summed E-state index contributed by atoms with van der Waals surface area (Å²) in [5, 5.41) is 0. The Morgan fingerprint density at radius 1 is 1.07 bits per heavy atom. The van der Waals surface area contributed by atoms with Gasteiger partial charge in [-0.2, -0.15) is 0 Å². The van der Waals surface area contributed by atoms with Crippen LogP contribution in [0.2, 0.25) is 0 Å². The number of rotatable bonds is 5. The lowest BCUT2D eigenvalue weighted by Crippen LogP contribution is -2.21. The highest BCUT2D eigenvalue weighted by Gasteiger charge is 2.34. The molecule has 0 amide bonds. The fourth-order valence-corrected chi connectivity index (χ4v) is 4.81. The average molecular weight is 411 g/mol. The minimum absolute atomic E-state index is 0.0181. The number of aromatic nitrogens is 1. The molecule has 2 aromatic rings. The molecular weight excluding hydrogens is 382 g/mol. The van der Waals surface area contributed by atoms with Gasteiger partial charge in [-0.1, -0.05) is 6.42 Å². The summed E-state index contributed by atoms with van der Waals surface area (Å²) in [6.45, 7) is 1.83. The fraction of sp³-hybridized carbons (Fsp3) is 0.500. The number of methoxy groups -OCH3 is 2. The number of Topliss-reactive ketones (excluding diaryl/α,β-unsaturated/α-hetero) is 1. The maximum Gasteiger partial charge on any atom is 0.355 e. The molecule has 6 nitrogen and oxygen atoms in total. The summed E-state index contributed by atoms with van der Waals surface area (Å²) in [5.41, 5.74) is 3.50. The Morgan fingerprint density at radius 2 is 1.83 bits per heavy atom. The molecule has 0 saturated heterocycles. The molecule has 1 heterocycles. The summed E-state index contributed by atoms with van der Waals surface area (Å²) >= 11 is 0. The van der Waals surface area contributed by atoms with Gasteiger partial charge in [0.15, 0.2) is 5.78 Å². The molecule has 1 atom stereocenters. The van der Waals surface area contributed by atoms with Crippen molar-refractivity contribution in [3.05, 3.63) is 46.3 Å². The molecular formula is C24H29NO5. The van der Waals surface area contributed by atoms with Crippen LogP contribution in [0.1, 0.15) is 82.1 Å². The molecule has 1 fully saturated rings. The minimum Gasteiger partial charge on any atom is -0.497 e. The molecule has 4 rings (SSSR count). The summed E-state index contributed by atoms with van der Waals surface area (Å²) in [6.07, 6.45) is 6.21. The van der Waals surface area contributed by atoms with Crippen molar-refractivity contribution in [2.24, 2.45) is 0 Å². The van der Waals surface area contributed by atoms with E-state index in [-0.39, 0.29) is 23.8 Å². The highest BCUT2D eigenvalue weighted by atomic mass is 16.5. The molecule has 160 valence electrons. The normalized spacial score (nSPS) is 19.3. The van der Waals surface area contributed by atoms with Crippen molar-refractivity contribution in [2.45, 2.75) is 63.9 Å². The number of ether oxygens (including phenoxy) is 3. The number of esters is 1. The third-order valence-corrected chi connectivity index (χ3v) is 6.40. The number of ketones is 1. The highest BCUT2D eigenvalue weighted by molar-refractivity contribution is 6.03. The van der Waals surface area contributed by atoms with Crippen LogP contribution in [0.3, 0.4) is 0 Å². The summed E-state index contributed by atoms with van der Waals surface area (Å²) < 4.78 is 16.6. The lowest BCUT2D eigenvalue weighted by molar-refractivity contribution is 0.0204. The molecule has 1 aromatic carbocycles. The molecule has 0 aliphatic heterocycles. The molecule has 2 aliphatic carbocycles. The van der Waals surface area contributed by atoms with Gasteiger partial charge in [0.25, 0.3) is 0 Å². The zero-order valence-electron chi connectivity index (χ0n) is 17.9. The van der Waals surface area contributed by atoms with Crippen molar-refractivity contribution in [2.75, 3.05) is 14.2 Å². The summed E-state index contributed by atoms with van der Waals surface area (Å²) in [5.74, 6) is 1.10. The largest absolute Gasteiger partial charge is 0.497 e. The Balaban J connectivity index is 1.60. The van der Waals surface area contributed by atoms with Gasteiger partial charge < -0.3 is 19.2 Å². The molecule has 1 saturated carbocycles. The topological polar surface area (TPSA) is 77.6 Å². The van der Waals surface area contributed by atoms with Crippen LogP contribution in [0.15, 0.2) is 18.2 Å². The third kappa shape index (κ3) is 3.83. The van der Waals surface area contributed by atoms with Crippen LogP contribution in [-0.4, -0.2) is 37.1 Å². The van der Waals surface area contributed by atoms with Crippen molar-refractivity contribution < 1.29 is 23.8 Å². The number of hydrogen-bond acceptors (Lipinski definition) is 5. The molecule has 0 radical (unpaired) electrons. The number of nitrogens with one attached hydrogen (secondary N) is 1. The number of carbonyl (C=O) groups excluding carboxylic acids is 2. The maximum atomic E-state index is 13.0. The standard InChI is InChI=1S/C24H29NO5/c1-14-22-19(25-23(14)24(27)30-16-7-5-4-6-8-16)11-15(12-20(22)26)18-13-17(28-2)9-10-21(18)29-3/h9-10,13,15-16,25H,4-8,11-12H2,1-3H3/t15-/m0/s1. The van der Waals surface area contributed by atoms with Gasteiger partial charge in [0.05, 0.1) is 14.2 Å². The van der Waals surface area contributed by atoms with Crippen LogP contribution in [-0.2, 0) is 11.2 Å². The SMILES string of the molecule is COc1ccc(OC)c([C@@H]2CC(=O)c3c([nH]c(C(=O)OC4CCCCC4)c3C)C2)c1. The summed E-state index contributed by atoms with van der Waals surface area (Å²) in [4.78, 5) is 29.0. The summed E-state index contributed by atoms with van der Waals surface area (Å²) in [6, 6.07) is 5.63. The van der Waals surface area contributed by atoms with E-state index < -0.39 is 0 Å². The van der Waals surface area contributed by atoms with E-state index in [9.17, 15) is 9.59 Å². The zero-order chi connectivity index (χ0) is 21.3. The second-order valence-electron chi connectivity index (χ2n) is 8.28. The lowest BCUT2D eigenvalue weighted by Gasteiger charge is -2.24. The van der Waals surface area contributed by atoms with E-state index in [0.717, 1.165) is 48.4 Å². The Hall–Kier alpha value is -2.76. The zero-order valence-corrected chi connectivity index (χ0v) is 17.9. The van der Waals surface area contributed by atoms with Gasteiger partial charge in [-0.3, -0.25) is 4.79 Å². The number of fused-ring (bicyclic) bond motifs is 1. The van der Waals surface area contributed by atoms with Crippen molar-refractivity contribution in [3.8, 4) is 11.5 Å². The molecule has 2 aliphatic rings. The van der Waals surface area contributed by atoms with Crippen LogP contribution in [0.5, 0.6) is 11.5 Å². The van der Waals surface area contributed by atoms with E-state index in [2.05, 4.69) is 4.98 Å². The Kier molecular flexibility index (Phi) is 5.84. The third-order valence-electron chi connectivity index (χ3n) is 6.40. The predicted octanol–water partition coefficient (Wildman–Crippen LogP) is 4.74. The van der Waals surface area contributed by atoms with Crippen LogP contribution < -0.4 is 9.47 Å². The van der Waals surface area contributed by atoms with Gasteiger partial charge in [0.2, 0.25) is 0 Å². The first-order chi connectivity index (χ1) is 14.5. The van der Waals surface area contributed by atoms with Crippen LogP contribution in [0, 0.1) is 6.92 Å². The number of benzene rings is 1. The van der Waals surface area contributed by atoms with Crippen molar-refractivity contribution in [3.63, 3.8) is 0 Å². The Morgan fingerprint density at radius 3 is 2.53 bits per heavy atom. The van der Waals surface area contributed by atoms with Crippen molar-refractivity contribution >= 4 is 11.8 Å². The van der Waals surface area contributed by atoms with E-state index in [1.165, 1.54) is 6.42 Å². The molecule has 6 heteroatoms. The van der Waals surface area contributed by atoms with E-state index in [1.54, 1.807) is 14.2 Å². The van der Waals surface area contributed by atoms with Gasteiger partial charge in [-0.25, -0.2) is 4.79 Å². The number of hydrogen-bond donors (Lipinski definition) is 1. The summed E-state index contributed by atoms with van der Waals surface area (Å²) in [7, 11) is 3.24. The first-order valence-electron chi connectivity index (χ1n) is 10.7. The average Bonchev–Trinajstić information content (AvgIpc) is 3.11. The first kappa shape index (κ1) is 20.5. The van der Waals surface area contributed by atoms with E-state index in [1.807, 2.05) is 25.1 Å². The molecule has 1 aromatic heterocycles. The number of carbonyl (C=O) groups is 2. The lowest BCUT2D eigenvalue weighted by atomic mass is 9.81. The van der Waals surface area contributed by atoms with Gasteiger partial charge in [0.1, 0.15) is 23.3 Å². The Bertz CT molecular complexity index is 955. The first-order valence-corrected chi connectivity index (χ1v) is 10.7. The van der Waals surface area contributed by atoms with E-state index in [0.29, 0.717) is 29.7 Å². The molecule has 1 N–H and O–H groups in total. The number of H-pyrrole nitrogens is 1. The quantitative estimate of drug-likeness (QED) is 0.719. The molecule has 0 bridgehead atoms. The van der Waals surface area contributed by atoms with Crippen molar-refractivity contribution in [1.29, 1.82) is 0 Å². The van der Waals surface area contributed by atoms with Crippen LogP contribution >= 0.6 is 0 Å². The fourth-order valence-electron chi connectivity index (χ4n) is 4.81. The molecule has 0 unspecified atom stereocenters. The van der Waals surface area contributed by atoms with Gasteiger partial charge in [0, 0.05) is 29.2 Å². The van der Waals surface area contributed by atoms with Crippen LogP contribution in [0.4, 0.5) is 0 Å². The number of aromatic amines is 1. The Labute approximate surface area is 176 Å². The van der Waals surface area contributed by atoms with Crippen molar-refractivity contribution in [1.82, 2.24) is 4.98 Å². The minimum atomic E-state index is -0.350. The molecule has 30 heavy (non-hydrogen) atoms. The van der Waals surface area contributed by atoms with Gasteiger partial charge in [-0.15, -0.1) is 0 Å². The maximum absolute atomic E-state index is 13.0. The van der Waals surface area contributed by atoms with Crippen LogP contribution in [0.25, 0.3) is 0 Å². The van der Waals surface area contributed by atoms with E-state index in [4.69, 9.17) is 14.2 Å². The van der Waals surface area contributed by atoms with Gasteiger partial charge >= 0.3 is 5.97 Å².